The van der Waals surface area contributed by atoms with E-state index in [9.17, 15) is 9.59 Å². The van der Waals surface area contributed by atoms with Crippen LogP contribution < -0.4 is 5.32 Å². The second kappa shape index (κ2) is 5.73. The van der Waals surface area contributed by atoms with E-state index in [4.69, 9.17) is 23.2 Å². The second-order valence-corrected chi connectivity index (χ2v) is 3.78. The highest BCUT2D eigenvalue weighted by atomic mass is 35.5. The zero-order valence-corrected chi connectivity index (χ0v) is 9.31. The minimum atomic E-state index is -0.148. The van der Waals surface area contributed by atoms with E-state index in [1.165, 1.54) is 0 Å². The van der Waals surface area contributed by atoms with Gasteiger partial charge in [0, 0.05) is 22.9 Å². The SMILES string of the molecule is Clc1cccc(Cl)c1.O=C1CCC(=O)N1. The van der Waals surface area contributed by atoms with Crippen LogP contribution in [0.5, 0.6) is 0 Å². The van der Waals surface area contributed by atoms with Crippen LogP contribution in [0.15, 0.2) is 24.3 Å². The molecule has 1 aromatic carbocycles. The molecule has 3 nitrogen and oxygen atoms in total. The Bertz CT molecular complexity index is 348. The highest BCUT2D eigenvalue weighted by Gasteiger charge is 2.15. The Morgan fingerprint density at radius 2 is 1.47 bits per heavy atom. The topological polar surface area (TPSA) is 46.2 Å². The predicted molar refractivity (Wildman–Crippen MR) is 58.8 cm³/mol. The molecule has 0 radical (unpaired) electrons. The van der Waals surface area contributed by atoms with Crippen molar-refractivity contribution in [1.82, 2.24) is 5.32 Å². The summed E-state index contributed by atoms with van der Waals surface area (Å²) in [5.74, 6) is -0.296. The summed E-state index contributed by atoms with van der Waals surface area (Å²) in [5, 5.41) is 3.50. The Hall–Kier alpha value is -1.06. The number of carbonyl (C=O) groups excluding carboxylic acids is 2. The minimum absolute atomic E-state index is 0.148. The molecule has 1 heterocycles. The maximum absolute atomic E-state index is 10.1. The molecular formula is C10H9Cl2NO2. The number of nitrogens with one attached hydrogen (secondary N) is 1. The molecule has 2 amide bonds. The van der Waals surface area contributed by atoms with Gasteiger partial charge in [-0.2, -0.15) is 0 Å². The van der Waals surface area contributed by atoms with E-state index in [0.717, 1.165) is 0 Å². The number of carbonyl (C=O) groups is 2. The quantitative estimate of drug-likeness (QED) is 0.714. The molecule has 0 atom stereocenters. The van der Waals surface area contributed by atoms with Crippen LogP contribution in [0.25, 0.3) is 0 Å². The van der Waals surface area contributed by atoms with Crippen molar-refractivity contribution in [3.63, 3.8) is 0 Å². The van der Waals surface area contributed by atoms with Gasteiger partial charge >= 0.3 is 0 Å². The fraction of sp³-hybridized carbons (Fsp3) is 0.200. The molecule has 0 bridgehead atoms. The summed E-state index contributed by atoms with van der Waals surface area (Å²) in [6.07, 6.45) is 0.748. The molecule has 0 unspecified atom stereocenters. The van der Waals surface area contributed by atoms with E-state index in [2.05, 4.69) is 5.32 Å². The summed E-state index contributed by atoms with van der Waals surface area (Å²) in [7, 11) is 0. The van der Waals surface area contributed by atoms with Crippen molar-refractivity contribution in [2.24, 2.45) is 0 Å². The number of imide groups is 1. The van der Waals surface area contributed by atoms with Gasteiger partial charge in [-0.15, -0.1) is 0 Å². The van der Waals surface area contributed by atoms with Gasteiger partial charge < -0.3 is 0 Å². The van der Waals surface area contributed by atoms with Crippen LogP contribution in [0.3, 0.4) is 0 Å². The third-order valence-electron chi connectivity index (χ3n) is 1.64. The van der Waals surface area contributed by atoms with Gasteiger partial charge in [0.2, 0.25) is 11.8 Å². The number of rotatable bonds is 0. The van der Waals surface area contributed by atoms with Crippen molar-refractivity contribution in [3.8, 4) is 0 Å². The van der Waals surface area contributed by atoms with Crippen LogP contribution in [-0.2, 0) is 9.59 Å². The van der Waals surface area contributed by atoms with E-state index in [1.54, 1.807) is 18.2 Å². The van der Waals surface area contributed by atoms with Crippen molar-refractivity contribution in [1.29, 1.82) is 0 Å². The largest absolute Gasteiger partial charge is 0.296 e. The van der Waals surface area contributed by atoms with E-state index in [1.807, 2.05) is 6.07 Å². The summed E-state index contributed by atoms with van der Waals surface area (Å²) in [4.78, 5) is 20.2. The van der Waals surface area contributed by atoms with Crippen LogP contribution in [0.2, 0.25) is 10.0 Å². The Kier molecular flexibility index (Phi) is 4.59. The molecule has 1 aromatic rings. The summed E-state index contributed by atoms with van der Waals surface area (Å²) < 4.78 is 0. The van der Waals surface area contributed by atoms with Crippen LogP contribution in [-0.4, -0.2) is 11.8 Å². The fourth-order valence-corrected chi connectivity index (χ4v) is 1.40. The highest BCUT2D eigenvalue weighted by molar-refractivity contribution is 6.34. The lowest BCUT2D eigenvalue weighted by molar-refractivity contribution is -0.124. The average molecular weight is 246 g/mol. The summed E-state index contributed by atoms with van der Waals surface area (Å²) in [6.45, 7) is 0. The predicted octanol–water partition coefficient (Wildman–Crippen LogP) is 2.42. The van der Waals surface area contributed by atoms with E-state index < -0.39 is 0 Å². The molecule has 2 rings (SSSR count). The number of benzene rings is 1. The third kappa shape index (κ3) is 4.81. The maximum Gasteiger partial charge on any atom is 0.227 e. The van der Waals surface area contributed by atoms with Gasteiger partial charge in [-0.1, -0.05) is 29.3 Å². The Balaban J connectivity index is 0.000000151. The molecule has 80 valence electrons. The lowest BCUT2D eigenvalue weighted by Gasteiger charge is -1.86. The number of hydrogen-bond acceptors (Lipinski definition) is 2. The van der Waals surface area contributed by atoms with Crippen LogP contribution >= 0.6 is 23.2 Å². The molecule has 0 aromatic heterocycles. The van der Waals surface area contributed by atoms with Crippen molar-refractivity contribution < 1.29 is 9.59 Å². The molecule has 1 saturated heterocycles. The molecule has 0 saturated carbocycles. The first kappa shape index (κ1) is 12.0. The lowest BCUT2D eigenvalue weighted by Crippen LogP contribution is -2.18. The van der Waals surface area contributed by atoms with Crippen molar-refractivity contribution >= 4 is 35.0 Å². The molecular weight excluding hydrogens is 237 g/mol. The van der Waals surface area contributed by atoms with Gasteiger partial charge in [-0.25, -0.2) is 0 Å². The first-order chi connectivity index (χ1) is 7.08. The molecule has 1 N–H and O–H groups in total. The number of amides is 2. The maximum atomic E-state index is 10.1. The standard InChI is InChI=1S/C6H4Cl2.C4H5NO2/c7-5-2-1-3-6(8)4-5;6-3-1-2-4(7)5-3/h1-4H;1-2H2,(H,5,6,7). The number of halogens is 2. The van der Waals surface area contributed by atoms with Gasteiger partial charge in [0.1, 0.15) is 0 Å². The molecule has 15 heavy (non-hydrogen) atoms. The van der Waals surface area contributed by atoms with Crippen molar-refractivity contribution in [2.45, 2.75) is 12.8 Å². The third-order valence-corrected chi connectivity index (χ3v) is 2.11. The summed E-state index contributed by atoms with van der Waals surface area (Å²) >= 11 is 11.1. The van der Waals surface area contributed by atoms with Gasteiger partial charge in [0.15, 0.2) is 0 Å². The Morgan fingerprint density at radius 3 is 1.67 bits per heavy atom. The highest BCUT2D eigenvalue weighted by Crippen LogP contribution is 2.13. The van der Waals surface area contributed by atoms with Gasteiger partial charge in [0.05, 0.1) is 0 Å². The minimum Gasteiger partial charge on any atom is -0.296 e. The average Bonchev–Trinajstić information content (AvgIpc) is 2.50. The zero-order chi connectivity index (χ0) is 11.3. The molecule has 1 aliphatic rings. The normalized spacial score (nSPS) is 14.3. The Labute approximate surface area is 97.4 Å². The zero-order valence-electron chi connectivity index (χ0n) is 7.80. The van der Waals surface area contributed by atoms with Gasteiger partial charge in [-0.05, 0) is 18.2 Å². The van der Waals surface area contributed by atoms with E-state index >= 15 is 0 Å². The van der Waals surface area contributed by atoms with Crippen molar-refractivity contribution in [2.75, 3.05) is 0 Å². The molecule has 1 aliphatic heterocycles. The van der Waals surface area contributed by atoms with E-state index in [-0.39, 0.29) is 11.8 Å². The van der Waals surface area contributed by atoms with Crippen molar-refractivity contribution in [3.05, 3.63) is 34.3 Å². The lowest BCUT2D eigenvalue weighted by atomic mass is 10.4. The smallest absolute Gasteiger partial charge is 0.227 e. The first-order valence-electron chi connectivity index (χ1n) is 4.31. The Morgan fingerprint density at radius 1 is 1.00 bits per heavy atom. The molecule has 5 heteroatoms. The van der Waals surface area contributed by atoms with Crippen LogP contribution in [0, 0.1) is 0 Å². The fourth-order valence-electron chi connectivity index (χ4n) is 0.967. The van der Waals surface area contributed by atoms with Gasteiger partial charge in [-0.3, -0.25) is 14.9 Å². The molecule has 0 spiro atoms. The molecule has 0 aliphatic carbocycles. The molecule has 1 fully saturated rings. The monoisotopic (exact) mass is 245 g/mol. The summed E-state index contributed by atoms with van der Waals surface area (Å²) in [5.41, 5.74) is 0. The van der Waals surface area contributed by atoms with Gasteiger partial charge in [0.25, 0.3) is 0 Å². The second-order valence-electron chi connectivity index (χ2n) is 2.91. The number of hydrogen-bond donors (Lipinski definition) is 1. The summed E-state index contributed by atoms with van der Waals surface area (Å²) in [6, 6.07) is 7.08. The van der Waals surface area contributed by atoms with Crippen LogP contribution in [0.1, 0.15) is 12.8 Å². The van der Waals surface area contributed by atoms with Crippen LogP contribution in [0.4, 0.5) is 0 Å². The first-order valence-corrected chi connectivity index (χ1v) is 5.07. The van der Waals surface area contributed by atoms with E-state index in [0.29, 0.717) is 22.9 Å².